The predicted octanol–water partition coefficient (Wildman–Crippen LogP) is 6.66. The number of para-hydroxylation sites is 1. The van der Waals surface area contributed by atoms with Crippen LogP contribution < -0.4 is 4.74 Å². The van der Waals surface area contributed by atoms with Gasteiger partial charge in [-0.15, -0.1) is 6.58 Å². The molecular formula is C36H46N2O6. The lowest BCUT2D eigenvalue weighted by atomic mass is 9.86. The molecule has 1 aromatic carbocycles. The monoisotopic (exact) mass is 602 g/mol. The second-order valence-electron chi connectivity index (χ2n) is 12.6. The van der Waals surface area contributed by atoms with Crippen molar-refractivity contribution in [1.29, 1.82) is 0 Å². The quantitative estimate of drug-likeness (QED) is 0.144. The number of hydrogen-bond donors (Lipinski definition) is 0. The summed E-state index contributed by atoms with van der Waals surface area (Å²) in [6.07, 6.45) is 13.2. The number of likely N-dealkylation sites (tertiary alicyclic amines) is 1. The summed E-state index contributed by atoms with van der Waals surface area (Å²) in [5, 5.41) is 0.925. The molecule has 0 radical (unpaired) electrons. The van der Waals surface area contributed by atoms with Gasteiger partial charge in [-0.05, 0) is 81.4 Å². The third-order valence-electron chi connectivity index (χ3n) is 9.75. The summed E-state index contributed by atoms with van der Waals surface area (Å²) >= 11 is 0. The highest BCUT2D eigenvalue weighted by Gasteiger charge is 2.46. The maximum absolute atomic E-state index is 14.3. The molecule has 3 aliphatic rings. The first kappa shape index (κ1) is 31.7. The van der Waals surface area contributed by atoms with Crippen LogP contribution in [0.2, 0.25) is 0 Å². The highest BCUT2D eigenvalue weighted by molar-refractivity contribution is 5.89. The van der Waals surface area contributed by atoms with Crippen LogP contribution in [0.15, 0.2) is 49.6 Å². The first-order valence-corrected chi connectivity index (χ1v) is 16.3. The molecule has 0 spiro atoms. The first-order valence-electron chi connectivity index (χ1n) is 16.3. The van der Waals surface area contributed by atoms with Crippen molar-refractivity contribution in [2.45, 2.75) is 95.3 Å². The molecule has 5 atom stereocenters. The van der Waals surface area contributed by atoms with Gasteiger partial charge >= 0.3 is 11.9 Å². The largest absolute Gasteiger partial charge is 0.486 e. The van der Waals surface area contributed by atoms with E-state index in [1.807, 2.05) is 36.4 Å². The van der Waals surface area contributed by atoms with Crippen molar-refractivity contribution < 1.29 is 28.6 Å². The highest BCUT2D eigenvalue weighted by atomic mass is 16.5. The van der Waals surface area contributed by atoms with Crippen LogP contribution in [0.1, 0.15) is 82.7 Å². The molecule has 0 unspecified atom stereocenters. The van der Waals surface area contributed by atoms with Crippen molar-refractivity contribution in [1.82, 2.24) is 9.88 Å². The van der Waals surface area contributed by atoms with Crippen molar-refractivity contribution in [2.24, 2.45) is 17.8 Å². The number of fused-ring (bicyclic) bond motifs is 1. The molecule has 44 heavy (non-hydrogen) atoms. The summed E-state index contributed by atoms with van der Waals surface area (Å²) in [4.78, 5) is 46.9. The van der Waals surface area contributed by atoms with E-state index in [-0.39, 0.29) is 43.3 Å². The minimum Gasteiger partial charge on any atom is -0.486 e. The Morgan fingerprint density at radius 3 is 2.64 bits per heavy atom. The number of hydrogen-bond acceptors (Lipinski definition) is 7. The third-order valence-corrected chi connectivity index (χ3v) is 9.75. The van der Waals surface area contributed by atoms with E-state index in [9.17, 15) is 14.4 Å². The molecular weight excluding hydrogens is 556 g/mol. The van der Waals surface area contributed by atoms with Crippen LogP contribution in [-0.2, 0) is 23.9 Å². The number of amides is 1. The second kappa shape index (κ2) is 14.9. The number of methoxy groups -OCH3 is 1. The summed E-state index contributed by atoms with van der Waals surface area (Å²) in [7, 11) is 1.33. The molecule has 8 nitrogen and oxygen atoms in total. The van der Waals surface area contributed by atoms with Gasteiger partial charge in [-0.1, -0.05) is 43.7 Å². The van der Waals surface area contributed by atoms with Gasteiger partial charge < -0.3 is 19.1 Å². The van der Waals surface area contributed by atoms with E-state index in [2.05, 4.69) is 18.1 Å². The Hall–Kier alpha value is -3.68. The topological polar surface area (TPSA) is 95.0 Å². The minimum atomic E-state index is -0.790. The molecule has 0 bridgehead atoms. The van der Waals surface area contributed by atoms with Crippen molar-refractivity contribution in [2.75, 3.05) is 13.7 Å². The molecule has 1 saturated heterocycles. The minimum absolute atomic E-state index is 0.0322. The molecule has 2 aliphatic carbocycles. The molecule has 2 aromatic rings. The fourth-order valence-corrected chi connectivity index (χ4v) is 7.45. The number of rotatable bonds is 13. The van der Waals surface area contributed by atoms with E-state index in [1.165, 1.54) is 7.11 Å². The van der Waals surface area contributed by atoms with Gasteiger partial charge in [-0.2, -0.15) is 0 Å². The van der Waals surface area contributed by atoms with Gasteiger partial charge in [0.25, 0.3) is 0 Å². The number of pyridine rings is 1. The van der Waals surface area contributed by atoms with E-state index >= 15 is 0 Å². The summed E-state index contributed by atoms with van der Waals surface area (Å²) in [5.41, 5.74) is 1.43. The zero-order valence-corrected chi connectivity index (χ0v) is 26.0. The number of nitrogens with zero attached hydrogens (tertiary/aromatic N) is 2. The molecule has 236 valence electrons. The van der Waals surface area contributed by atoms with Crippen molar-refractivity contribution in [3.63, 3.8) is 0 Å². The van der Waals surface area contributed by atoms with Crippen molar-refractivity contribution >= 4 is 34.8 Å². The average Bonchev–Trinajstić information content (AvgIpc) is 3.81. The van der Waals surface area contributed by atoms with Crippen LogP contribution >= 0.6 is 0 Å². The molecule has 2 saturated carbocycles. The SMILES string of the molecule is C=CCCC[C@@H]1CCC[C@H]1OC(=O)C[C@H](C(=O)N1C[C@H](Oc2cc3ccccc3nc2C=C)C[C@H]1C(=O)OC)C1CCCC1. The zero-order valence-electron chi connectivity index (χ0n) is 26.0. The van der Waals surface area contributed by atoms with Gasteiger partial charge in [0, 0.05) is 11.8 Å². The van der Waals surface area contributed by atoms with Crippen molar-refractivity contribution in [3.05, 3.63) is 55.3 Å². The highest BCUT2D eigenvalue weighted by Crippen LogP contribution is 2.38. The zero-order chi connectivity index (χ0) is 31.1. The predicted molar refractivity (Wildman–Crippen MR) is 170 cm³/mol. The van der Waals surface area contributed by atoms with Gasteiger partial charge in [0.2, 0.25) is 5.91 Å². The van der Waals surface area contributed by atoms with E-state index in [0.29, 0.717) is 17.4 Å². The van der Waals surface area contributed by atoms with Gasteiger partial charge in [0.15, 0.2) is 0 Å². The Kier molecular flexibility index (Phi) is 10.7. The Morgan fingerprint density at radius 1 is 1.09 bits per heavy atom. The second-order valence-corrected chi connectivity index (χ2v) is 12.6. The average molecular weight is 603 g/mol. The molecule has 5 rings (SSSR count). The lowest BCUT2D eigenvalue weighted by Gasteiger charge is -2.30. The van der Waals surface area contributed by atoms with E-state index in [4.69, 9.17) is 14.2 Å². The fourth-order valence-electron chi connectivity index (χ4n) is 7.45. The maximum atomic E-state index is 14.3. The smallest absolute Gasteiger partial charge is 0.328 e. The molecule has 1 amide bonds. The first-order chi connectivity index (χ1) is 21.4. The summed E-state index contributed by atoms with van der Waals surface area (Å²) in [6.45, 7) is 7.93. The Labute approximate surface area is 260 Å². The van der Waals surface area contributed by atoms with Gasteiger partial charge in [-0.25, -0.2) is 9.78 Å². The van der Waals surface area contributed by atoms with E-state index < -0.39 is 24.0 Å². The molecule has 8 heteroatoms. The number of carbonyl (C=O) groups excluding carboxylic acids is 3. The Bertz CT molecular complexity index is 1350. The van der Waals surface area contributed by atoms with Crippen LogP contribution in [0.3, 0.4) is 0 Å². The van der Waals surface area contributed by atoms with E-state index in [1.54, 1.807) is 11.0 Å². The molecule has 0 N–H and O–H groups in total. The summed E-state index contributed by atoms with van der Waals surface area (Å²) in [6, 6.07) is 8.89. The standard InChI is InChI=1S/C36H46N2O6/c1-4-6-7-15-25-17-12-19-32(25)44-34(39)22-28(24-13-8-9-14-24)35(40)38-23-27(21-31(38)36(41)42-3)43-33-20-26-16-10-11-18-30(26)37-29(33)5-2/h4-5,10-11,16,18,20,24-25,27-28,31-32H,1-2,6-9,12-15,17,19,21-23H2,3H3/t25-,27-,28+,31+,32-/m1/s1. The number of aromatic nitrogens is 1. The van der Waals surface area contributed by atoms with Crippen molar-refractivity contribution in [3.8, 4) is 5.75 Å². The number of allylic oxidation sites excluding steroid dienone is 1. The number of carbonyl (C=O) groups is 3. The number of benzene rings is 1. The van der Waals surface area contributed by atoms with Crippen LogP contribution in [-0.4, -0.2) is 59.6 Å². The van der Waals surface area contributed by atoms with Crippen LogP contribution in [0.25, 0.3) is 17.0 Å². The van der Waals surface area contributed by atoms with Crippen LogP contribution in [0, 0.1) is 17.8 Å². The number of unbranched alkanes of at least 4 members (excludes halogenated alkanes) is 1. The molecule has 2 heterocycles. The molecule has 3 fully saturated rings. The molecule has 1 aliphatic heterocycles. The van der Waals surface area contributed by atoms with Crippen LogP contribution in [0.5, 0.6) is 5.75 Å². The van der Waals surface area contributed by atoms with Gasteiger partial charge in [0.05, 0.1) is 31.5 Å². The lowest BCUT2D eigenvalue weighted by Crippen LogP contribution is -2.46. The fraction of sp³-hybridized carbons (Fsp3) is 0.556. The van der Waals surface area contributed by atoms with Gasteiger partial charge in [-0.3, -0.25) is 9.59 Å². The molecule has 1 aromatic heterocycles. The summed E-state index contributed by atoms with van der Waals surface area (Å²) < 4.78 is 17.6. The normalized spacial score (nSPS) is 24.2. The maximum Gasteiger partial charge on any atom is 0.328 e. The number of ether oxygens (including phenoxy) is 3. The summed E-state index contributed by atoms with van der Waals surface area (Å²) in [5.74, 6) is -0.521. The Morgan fingerprint density at radius 2 is 1.89 bits per heavy atom. The van der Waals surface area contributed by atoms with E-state index in [0.717, 1.165) is 75.1 Å². The van der Waals surface area contributed by atoms with Gasteiger partial charge in [0.1, 0.15) is 29.7 Å². The Balaban J connectivity index is 1.31. The lowest BCUT2D eigenvalue weighted by molar-refractivity contribution is -0.158. The number of esters is 2. The van der Waals surface area contributed by atoms with Crippen LogP contribution in [0.4, 0.5) is 0 Å². The third kappa shape index (κ3) is 7.33.